The Balaban J connectivity index is 1.48. The second-order valence-electron chi connectivity index (χ2n) is 13.2. The fraction of sp³-hybridized carbons (Fsp3) is 0.342. The van der Waals surface area contributed by atoms with Gasteiger partial charge < -0.3 is 19.7 Å². The van der Waals surface area contributed by atoms with Gasteiger partial charge in [0.05, 0.1) is 43.1 Å². The van der Waals surface area contributed by atoms with E-state index in [4.69, 9.17) is 21.1 Å². The first-order valence-corrected chi connectivity index (χ1v) is 16.8. The van der Waals surface area contributed by atoms with E-state index in [1.807, 2.05) is 24.3 Å². The van der Waals surface area contributed by atoms with Crippen molar-refractivity contribution in [3.8, 4) is 17.2 Å². The van der Waals surface area contributed by atoms with Gasteiger partial charge in [-0.25, -0.2) is 4.90 Å². The number of carbonyl (C=O) groups is 5. The molecule has 258 valence electrons. The number of hydrogen-bond acceptors (Lipinski definition) is 8. The van der Waals surface area contributed by atoms with Gasteiger partial charge in [0.1, 0.15) is 17.2 Å². The summed E-state index contributed by atoms with van der Waals surface area (Å²) < 4.78 is 11.7. The number of hydrogen-bond donors (Lipinski definition) is 2. The van der Waals surface area contributed by atoms with Crippen molar-refractivity contribution in [1.29, 1.82) is 0 Å². The van der Waals surface area contributed by atoms with Crippen LogP contribution in [-0.2, 0) is 29.4 Å². The van der Waals surface area contributed by atoms with Crippen molar-refractivity contribution < 1.29 is 43.7 Å². The quantitative estimate of drug-likeness (QED) is 0.230. The molecule has 7 rings (SSSR count). The number of phenolic OH excluding ortho intramolecular Hbond substituents is 1. The fourth-order valence-corrected chi connectivity index (χ4v) is 9.13. The Labute approximate surface area is 293 Å². The molecule has 3 fully saturated rings. The Hall–Kier alpha value is -5.16. The lowest BCUT2D eigenvalue weighted by Gasteiger charge is -2.51. The maximum absolute atomic E-state index is 15.4. The molecule has 2 saturated heterocycles. The zero-order valence-electron chi connectivity index (χ0n) is 27.4. The molecule has 12 heteroatoms. The average Bonchev–Trinajstić information content (AvgIpc) is 3.48. The summed E-state index contributed by atoms with van der Waals surface area (Å²) in [6.45, 7) is -0.0284. The maximum Gasteiger partial charge on any atom is 0.303 e. The lowest BCUT2D eigenvalue weighted by molar-refractivity contribution is -0.142. The second kappa shape index (κ2) is 12.6. The van der Waals surface area contributed by atoms with Gasteiger partial charge in [0.15, 0.2) is 0 Å². The summed E-state index contributed by atoms with van der Waals surface area (Å²) in [5.74, 6) is -6.60. The van der Waals surface area contributed by atoms with Crippen LogP contribution < -0.4 is 14.4 Å². The van der Waals surface area contributed by atoms with Crippen LogP contribution in [0.25, 0.3) is 0 Å². The van der Waals surface area contributed by atoms with Crippen LogP contribution in [-0.4, -0.2) is 65.5 Å². The normalized spacial score (nSPS) is 27.1. The van der Waals surface area contributed by atoms with E-state index in [-0.39, 0.29) is 55.4 Å². The van der Waals surface area contributed by atoms with Crippen LogP contribution in [0.4, 0.5) is 5.69 Å². The van der Waals surface area contributed by atoms with Crippen LogP contribution in [0, 0.1) is 23.7 Å². The van der Waals surface area contributed by atoms with Gasteiger partial charge in [-0.2, -0.15) is 0 Å². The number of methoxy groups -OCH3 is 2. The van der Waals surface area contributed by atoms with Crippen molar-refractivity contribution >= 4 is 46.9 Å². The van der Waals surface area contributed by atoms with Crippen molar-refractivity contribution in [3.63, 3.8) is 0 Å². The van der Waals surface area contributed by atoms with Crippen LogP contribution >= 0.6 is 11.6 Å². The molecule has 3 aromatic rings. The third-order valence-corrected chi connectivity index (χ3v) is 11.1. The molecule has 6 unspecified atom stereocenters. The summed E-state index contributed by atoms with van der Waals surface area (Å²) in [5.41, 5.74) is 0.407. The van der Waals surface area contributed by atoms with Crippen LogP contribution in [0.2, 0.25) is 5.02 Å². The monoisotopic (exact) mass is 698 g/mol. The van der Waals surface area contributed by atoms with Gasteiger partial charge >= 0.3 is 5.97 Å². The highest BCUT2D eigenvalue weighted by molar-refractivity contribution is 6.32. The number of carboxylic acids is 1. The fourth-order valence-electron chi connectivity index (χ4n) is 8.94. The Morgan fingerprint density at radius 1 is 0.920 bits per heavy atom. The molecule has 2 aliphatic heterocycles. The molecule has 0 aromatic heterocycles. The molecule has 2 N–H and O–H groups in total. The van der Waals surface area contributed by atoms with Gasteiger partial charge in [0.2, 0.25) is 23.6 Å². The van der Waals surface area contributed by atoms with Crippen LogP contribution in [0.5, 0.6) is 17.2 Å². The molecule has 0 radical (unpaired) electrons. The summed E-state index contributed by atoms with van der Waals surface area (Å²) in [6, 6.07) is 18.4. The first kappa shape index (κ1) is 33.3. The summed E-state index contributed by atoms with van der Waals surface area (Å²) >= 11 is 6.38. The molecule has 0 bridgehead atoms. The first-order valence-electron chi connectivity index (χ1n) is 16.5. The van der Waals surface area contributed by atoms with Gasteiger partial charge in [0.25, 0.3) is 0 Å². The number of allylic oxidation sites excluding steroid dienone is 2. The van der Waals surface area contributed by atoms with Crippen molar-refractivity contribution in [2.24, 2.45) is 23.7 Å². The number of aromatic hydroxyl groups is 1. The molecule has 2 aliphatic carbocycles. The Morgan fingerprint density at radius 2 is 1.62 bits per heavy atom. The number of imide groups is 2. The minimum atomic E-state index is -1.57. The number of benzene rings is 3. The van der Waals surface area contributed by atoms with E-state index in [0.717, 1.165) is 4.90 Å². The van der Waals surface area contributed by atoms with Gasteiger partial charge in [-0.05, 0) is 48.9 Å². The number of phenols is 1. The highest BCUT2D eigenvalue weighted by Crippen LogP contribution is 2.66. The Kier molecular flexibility index (Phi) is 8.42. The summed E-state index contributed by atoms with van der Waals surface area (Å²) in [7, 11) is 2.87. The van der Waals surface area contributed by atoms with Gasteiger partial charge in [-0.15, -0.1) is 0 Å². The van der Waals surface area contributed by atoms with Gasteiger partial charge in [-0.3, -0.25) is 28.9 Å². The molecular weight excluding hydrogens is 664 g/mol. The number of carboxylic acid groups (broad SMARTS) is 1. The van der Waals surface area contributed by atoms with E-state index in [9.17, 15) is 29.4 Å². The van der Waals surface area contributed by atoms with Crippen molar-refractivity contribution in [1.82, 2.24) is 4.90 Å². The van der Waals surface area contributed by atoms with Crippen molar-refractivity contribution in [2.45, 2.75) is 37.0 Å². The number of ether oxygens (including phenoxy) is 2. The lowest BCUT2D eigenvalue weighted by atomic mass is 9.49. The molecule has 50 heavy (non-hydrogen) atoms. The summed E-state index contributed by atoms with van der Waals surface area (Å²) in [5, 5.41) is 20.2. The maximum atomic E-state index is 15.4. The third kappa shape index (κ3) is 4.89. The zero-order valence-corrected chi connectivity index (χ0v) is 28.1. The van der Waals surface area contributed by atoms with E-state index in [2.05, 4.69) is 0 Å². The molecule has 6 atom stereocenters. The van der Waals surface area contributed by atoms with Gasteiger partial charge in [0, 0.05) is 41.6 Å². The topological polar surface area (TPSA) is 151 Å². The number of nitrogens with zero attached hydrogens (tertiary/aromatic N) is 2. The van der Waals surface area contributed by atoms with Crippen molar-refractivity contribution in [2.75, 3.05) is 25.7 Å². The number of aliphatic carboxylic acids is 1. The predicted molar refractivity (Wildman–Crippen MR) is 181 cm³/mol. The van der Waals surface area contributed by atoms with Crippen LogP contribution in [0.15, 0.2) is 78.4 Å². The molecule has 2 heterocycles. The molecule has 3 aromatic carbocycles. The minimum Gasteiger partial charge on any atom is -0.508 e. The Bertz CT molecular complexity index is 1940. The average molecular weight is 699 g/mol. The lowest BCUT2D eigenvalue weighted by Crippen LogP contribution is -2.53. The van der Waals surface area contributed by atoms with Crippen LogP contribution in [0.1, 0.15) is 42.7 Å². The smallest absolute Gasteiger partial charge is 0.303 e. The standard InChI is InChI=1S/C38H35ClN2O9/c1-49-28-17-23(42)18-29(50-2)32(28)33-24-13-14-25-31(36(47)40(34(25)45)15-7-12-30(43)44)26(24)19-27-35(46)41(22-11-6-10-21(39)16-22)37(48)38(27,33)20-8-4-3-5-9-20/h3-6,8-11,13,16-18,25-27,31,33,42H,7,12,14-15,19H2,1-2H3,(H,43,44). The van der Waals surface area contributed by atoms with Crippen molar-refractivity contribution in [3.05, 3.63) is 94.5 Å². The molecular formula is C38H35ClN2O9. The van der Waals surface area contributed by atoms with Crippen LogP contribution in [0.3, 0.4) is 0 Å². The van der Waals surface area contributed by atoms with E-state index in [1.165, 1.54) is 31.3 Å². The second-order valence-corrected chi connectivity index (χ2v) is 13.6. The largest absolute Gasteiger partial charge is 0.508 e. The first-order chi connectivity index (χ1) is 24.0. The highest BCUT2D eigenvalue weighted by Gasteiger charge is 2.71. The highest BCUT2D eigenvalue weighted by atomic mass is 35.5. The summed E-state index contributed by atoms with van der Waals surface area (Å²) in [4.78, 5) is 71.7. The number of anilines is 1. The summed E-state index contributed by atoms with van der Waals surface area (Å²) in [6.07, 6.45) is 2.12. The molecule has 1 saturated carbocycles. The van der Waals surface area contributed by atoms with Gasteiger partial charge in [-0.1, -0.05) is 59.6 Å². The number of fused-ring (bicyclic) bond motifs is 4. The third-order valence-electron chi connectivity index (χ3n) is 10.8. The van der Waals surface area contributed by atoms with E-state index >= 15 is 4.79 Å². The zero-order chi connectivity index (χ0) is 35.5. The minimum absolute atomic E-state index is 0.0284. The molecule has 0 spiro atoms. The number of carbonyl (C=O) groups excluding carboxylic acids is 4. The number of likely N-dealkylation sites (tertiary alicyclic amines) is 1. The number of halogens is 1. The number of amides is 4. The molecule has 4 amide bonds. The van der Waals surface area contributed by atoms with E-state index < -0.39 is 58.7 Å². The molecule has 11 nitrogen and oxygen atoms in total. The molecule has 4 aliphatic rings. The predicted octanol–water partition coefficient (Wildman–Crippen LogP) is 5.09. The SMILES string of the molecule is COc1cc(O)cc(OC)c1C1C2=CCC3C(=O)N(CCCC(=O)O)C(=O)C3C2CC2C(=O)N(c3cccc(Cl)c3)C(=O)C21c1ccccc1. The van der Waals surface area contributed by atoms with E-state index in [0.29, 0.717) is 27.4 Å². The Morgan fingerprint density at radius 3 is 2.26 bits per heavy atom. The number of rotatable bonds is 9. The van der Waals surface area contributed by atoms with E-state index in [1.54, 1.807) is 36.4 Å².